The minimum Gasteiger partial charge on any atom is -0.465 e. The Morgan fingerprint density at radius 3 is 2.68 bits per heavy atom. The lowest BCUT2D eigenvalue weighted by atomic mass is 9.99. The molecule has 0 saturated carbocycles. The summed E-state index contributed by atoms with van der Waals surface area (Å²) in [6.45, 7) is 1.93. The molecule has 2 fully saturated rings. The van der Waals surface area contributed by atoms with Gasteiger partial charge in [-0.25, -0.2) is 9.86 Å². The van der Waals surface area contributed by atoms with Crippen LogP contribution in [0.5, 0.6) is 0 Å². The summed E-state index contributed by atoms with van der Waals surface area (Å²) >= 11 is 0. The molecule has 10 nitrogen and oxygen atoms in total. The van der Waals surface area contributed by atoms with Gasteiger partial charge in [-0.2, -0.15) is 0 Å². The van der Waals surface area contributed by atoms with Gasteiger partial charge in [0.15, 0.2) is 0 Å². The van der Waals surface area contributed by atoms with Crippen LogP contribution in [0.15, 0.2) is 30.3 Å². The van der Waals surface area contributed by atoms with E-state index in [2.05, 4.69) is 5.32 Å². The van der Waals surface area contributed by atoms with Crippen molar-refractivity contribution in [2.45, 2.75) is 57.3 Å². The average molecular weight is 433 g/mol. The highest BCUT2D eigenvalue weighted by atomic mass is 16.7. The fourth-order valence-electron chi connectivity index (χ4n) is 3.81. The number of amides is 3. The molecule has 0 aliphatic carbocycles. The van der Waals surface area contributed by atoms with E-state index in [1.54, 1.807) is 0 Å². The third-order valence-electron chi connectivity index (χ3n) is 5.38. The lowest BCUT2D eigenvalue weighted by molar-refractivity contribution is -0.212. The Morgan fingerprint density at radius 2 is 2.03 bits per heavy atom. The van der Waals surface area contributed by atoms with Crippen molar-refractivity contribution in [2.24, 2.45) is 0 Å². The fraction of sp³-hybridized carbons (Fsp3) is 0.524. The molecule has 2 N–H and O–H groups in total. The van der Waals surface area contributed by atoms with Crippen molar-refractivity contribution in [1.82, 2.24) is 15.3 Å². The maximum atomic E-state index is 13.5. The van der Waals surface area contributed by atoms with Crippen LogP contribution in [0.4, 0.5) is 4.79 Å². The SMILES string of the molecule is CC(NC(=O)O)C(=O)N1CCCCC1C(=O)N(OCc1ccccc1)C1COC(=O)C1. The number of hydroxylamine groups is 2. The molecule has 0 spiro atoms. The number of piperidine rings is 1. The number of hydrogen-bond acceptors (Lipinski definition) is 6. The average Bonchev–Trinajstić information content (AvgIpc) is 3.19. The van der Waals surface area contributed by atoms with Crippen LogP contribution < -0.4 is 5.32 Å². The summed E-state index contributed by atoms with van der Waals surface area (Å²) in [4.78, 5) is 56.1. The van der Waals surface area contributed by atoms with Gasteiger partial charge < -0.3 is 20.1 Å². The zero-order chi connectivity index (χ0) is 22.4. The number of esters is 1. The van der Waals surface area contributed by atoms with Gasteiger partial charge in [-0.15, -0.1) is 0 Å². The summed E-state index contributed by atoms with van der Waals surface area (Å²) in [5.41, 5.74) is 0.849. The second kappa shape index (κ2) is 10.3. The van der Waals surface area contributed by atoms with Crippen molar-refractivity contribution in [3.8, 4) is 0 Å². The Labute approximate surface area is 180 Å². The number of likely N-dealkylation sites (tertiary alicyclic amines) is 1. The van der Waals surface area contributed by atoms with Crippen molar-refractivity contribution < 1.29 is 33.9 Å². The standard InChI is InChI=1S/C21H27N3O7/c1-14(22-21(28)29)19(26)23-10-6-5-9-17(23)20(27)24(16-11-18(25)30-13-16)31-12-15-7-3-2-4-8-15/h2-4,7-8,14,16-17,22H,5-6,9-13H2,1H3,(H,28,29). The highest BCUT2D eigenvalue weighted by Crippen LogP contribution is 2.24. The molecule has 0 bridgehead atoms. The third-order valence-corrected chi connectivity index (χ3v) is 5.38. The van der Waals surface area contributed by atoms with Gasteiger partial charge in [0.1, 0.15) is 31.3 Å². The predicted octanol–water partition coefficient (Wildman–Crippen LogP) is 1.30. The first-order valence-corrected chi connectivity index (χ1v) is 10.3. The Morgan fingerprint density at radius 1 is 1.29 bits per heavy atom. The molecule has 2 aliphatic heterocycles. The zero-order valence-corrected chi connectivity index (χ0v) is 17.4. The van der Waals surface area contributed by atoms with Crippen molar-refractivity contribution in [3.05, 3.63) is 35.9 Å². The van der Waals surface area contributed by atoms with Crippen molar-refractivity contribution >= 4 is 23.9 Å². The first-order chi connectivity index (χ1) is 14.9. The number of nitrogens with zero attached hydrogens (tertiary/aromatic N) is 2. The number of ether oxygens (including phenoxy) is 1. The van der Waals surface area contributed by atoms with Gasteiger partial charge in [-0.1, -0.05) is 30.3 Å². The minimum atomic E-state index is -1.31. The predicted molar refractivity (Wildman–Crippen MR) is 107 cm³/mol. The normalized spacial score (nSPS) is 21.8. The molecule has 10 heteroatoms. The van der Waals surface area contributed by atoms with E-state index in [1.165, 1.54) is 16.9 Å². The van der Waals surface area contributed by atoms with E-state index in [4.69, 9.17) is 14.7 Å². The molecule has 3 unspecified atom stereocenters. The number of cyclic esters (lactones) is 1. The van der Waals surface area contributed by atoms with Gasteiger partial charge in [-0.3, -0.25) is 19.2 Å². The van der Waals surface area contributed by atoms with Crippen LogP contribution in [0, 0.1) is 0 Å². The molecule has 2 saturated heterocycles. The monoisotopic (exact) mass is 433 g/mol. The first kappa shape index (κ1) is 22.5. The highest BCUT2D eigenvalue weighted by Gasteiger charge is 2.41. The summed E-state index contributed by atoms with van der Waals surface area (Å²) in [5.74, 6) is -1.32. The largest absolute Gasteiger partial charge is 0.465 e. The molecule has 2 aliphatic rings. The topological polar surface area (TPSA) is 125 Å². The molecule has 2 heterocycles. The quantitative estimate of drug-likeness (QED) is 0.490. The van der Waals surface area contributed by atoms with E-state index < -0.39 is 42.0 Å². The van der Waals surface area contributed by atoms with Crippen molar-refractivity contribution in [2.75, 3.05) is 13.2 Å². The maximum absolute atomic E-state index is 13.5. The van der Waals surface area contributed by atoms with Crippen LogP contribution in [-0.2, 0) is 30.6 Å². The summed E-state index contributed by atoms with van der Waals surface area (Å²) in [7, 11) is 0. The lowest BCUT2D eigenvalue weighted by Gasteiger charge is -2.39. The summed E-state index contributed by atoms with van der Waals surface area (Å²) in [5, 5.41) is 12.2. The van der Waals surface area contributed by atoms with Crippen LogP contribution in [0.1, 0.15) is 38.2 Å². The van der Waals surface area contributed by atoms with Gasteiger partial charge in [0.05, 0.1) is 6.42 Å². The second-order valence-corrected chi connectivity index (χ2v) is 7.68. The van der Waals surface area contributed by atoms with Crippen molar-refractivity contribution in [3.63, 3.8) is 0 Å². The van der Waals surface area contributed by atoms with Crippen LogP contribution in [0.3, 0.4) is 0 Å². The molecule has 31 heavy (non-hydrogen) atoms. The second-order valence-electron chi connectivity index (χ2n) is 7.68. The van der Waals surface area contributed by atoms with E-state index in [0.717, 1.165) is 12.0 Å². The number of nitrogens with one attached hydrogen (secondary N) is 1. The molecular weight excluding hydrogens is 406 g/mol. The van der Waals surface area contributed by atoms with Gasteiger partial charge >= 0.3 is 12.1 Å². The molecule has 1 aromatic carbocycles. The van der Waals surface area contributed by atoms with Crippen LogP contribution in [0.2, 0.25) is 0 Å². The van der Waals surface area contributed by atoms with Crippen LogP contribution in [0.25, 0.3) is 0 Å². The van der Waals surface area contributed by atoms with E-state index >= 15 is 0 Å². The molecule has 3 rings (SSSR count). The number of hydrogen-bond donors (Lipinski definition) is 2. The van der Waals surface area contributed by atoms with Gasteiger partial charge in [0.25, 0.3) is 5.91 Å². The van der Waals surface area contributed by atoms with Gasteiger partial charge in [0, 0.05) is 6.54 Å². The highest BCUT2D eigenvalue weighted by molar-refractivity contribution is 5.91. The molecule has 0 radical (unpaired) electrons. The van der Waals surface area contributed by atoms with Crippen LogP contribution in [-0.4, -0.2) is 70.2 Å². The van der Waals surface area contributed by atoms with Crippen molar-refractivity contribution in [1.29, 1.82) is 0 Å². The summed E-state index contributed by atoms with van der Waals surface area (Å²) in [6, 6.07) is 6.91. The molecule has 1 aromatic rings. The number of rotatable bonds is 7. The molecule has 3 amide bonds. The van der Waals surface area contributed by atoms with E-state index in [1.807, 2.05) is 30.3 Å². The van der Waals surface area contributed by atoms with E-state index in [-0.39, 0.29) is 19.6 Å². The Kier molecular flexibility index (Phi) is 7.45. The Hall–Kier alpha value is -3.14. The maximum Gasteiger partial charge on any atom is 0.405 e. The zero-order valence-electron chi connectivity index (χ0n) is 17.4. The molecule has 168 valence electrons. The smallest absolute Gasteiger partial charge is 0.405 e. The van der Waals surface area contributed by atoms with Gasteiger partial charge in [0.2, 0.25) is 5.91 Å². The third kappa shape index (κ3) is 5.72. The lowest BCUT2D eigenvalue weighted by Crippen LogP contribution is -2.58. The van der Waals surface area contributed by atoms with E-state index in [9.17, 15) is 19.2 Å². The number of carboxylic acid groups (broad SMARTS) is 1. The summed E-state index contributed by atoms with van der Waals surface area (Å²) in [6.07, 6.45) is 0.587. The number of benzene rings is 1. The fourth-order valence-corrected chi connectivity index (χ4v) is 3.81. The minimum absolute atomic E-state index is 0.0121. The first-order valence-electron chi connectivity index (χ1n) is 10.3. The molecule has 3 atom stereocenters. The Balaban J connectivity index is 1.77. The molecule has 0 aromatic heterocycles. The Bertz CT molecular complexity index is 816. The van der Waals surface area contributed by atoms with Crippen LogP contribution >= 0.6 is 0 Å². The summed E-state index contributed by atoms with van der Waals surface area (Å²) < 4.78 is 5.02. The van der Waals surface area contributed by atoms with Gasteiger partial charge in [-0.05, 0) is 31.7 Å². The number of carbonyl (C=O) groups excluding carboxylic acids is 3. The number of carbonyl (C=O) groups is 4. The van der Waals surface area contributed by atoms with E-state index in [0.29, 0.717) is 19.4 Å². The molecular formula is C21H27N3O7.